The van der Waals surface area contributed by atoms with E-state index in [2.05, 4.69) is 5.32 Å². The SMILES string of the molecule is COCCC(C)(O)CNC(=O)c1cc(N)cc(N)c1. The van der Waals surface area contributed by atoms with Gasteiger partial charge < -0.3 is 26.6 Å². The van der Waals surface area contributed by atoms with Gasteiger partial charge in [-0.15, -0.1) is 0 Å². The van der Waals surface area contributed by atoms with Crippen LogP contribution >= 0.6 is 0 Å². The van der Waals surface area contributed by atoms with E-state index in [9.17, 15) is 9.90 Å². The summed E-state index contributed by atoms with van der Waals surface area (Å²) < 4.78 is 4.89. The second-order valence-electron chi connectivity index (χ2n) is 4.81. The highest BCUT2D eigenvalue weighted by Crippen LogP contribution is 2.14. The van der Waals surface area contributed by atoms with E-state index in [1.807, 2.05) is 0 Å². The van der Waals surface area contributed by atoms with E-state index in [1.54, 1.807) is 20.1 Å². The Labute approximate surface area is 112 Å². The number of anilines is 2. The molecule has 0 saturated carbocycles. The monoisotopic (exact) mass is 267 g/mol. The number of carbonyl (C=O) groups excluding carboxylic acids is 1. The number of aliphatic hydroxyl groups is 1. The number of rotatable bonds is 6. The van der Waals surface area contributed by atoms with Gasteiger partial charge in [0.05, 0.1) is 5.60 Å². The molecule has 1 atom stereocenters. The largest absolute Gasteiger partial charge is 0.399 e. The highest BCUT2D eigenvalue weighted by molar-refractivity contribution is 5.96. The number of nitrogens with two attached hydrogens (primary N) is 2. The smallest absolute Gasteiger partial charge is 0.251 e. The van der Waals surface area contributed by atoms with Crippen LogP contribution in [0.1, 0.15) is 23.7 Å². The van der Waals surface area contributed by atoms with E-state index >= 15 is 0 Å². The van der Waals surface area contributed by atoms with Crippen LogP contribution in [-0.2, 0) is 4.74 Å². The lowest BCUT2D eigenvalue weighted by atomic mass is 10.0. The van der Waals surface area contributed by atoms with Crippen LogP contribution in [0.15, 0.2) is 18.2 Å². The molecule has 0 aromatic heterocycles. The van der Waals surface area contributed by atoms with Crippen molar-refractivity contribution in [3.05, 3.63) is 23.8 Å². The van der Waals surface area contributed by atoms with Crippen molar-refractivity contribution in [3.63, 3.8) is 0 Å². The van der Waals surface area contributed by atoms with Crippen molar-refractivity contribution in [2.45, 2.75) is 18.9 Å². The van der Waals surface area contributed by atoms with Crippen molar-refractivity contribution in [2.75, 3.05) is 31.7 Å². The topological polar surface area (TPSA) is 111 Å². The van der Waals surface area contributed by atoms with Crippen LogP contribution in [0.2, 0.25) is 0 Å². The van der Waals surface area contributed by atoms with Gasteiger partial charge in [-0.25, -0.2) is 0 Å². The van der Waals surface area contributed by atoms with Crippen LogP contribution in [0.25, 0.3) is 0 Å². The van der Waals surface area contributed by atoms with Crippen LogP contribution in [-0.4, -0.2) is 36.9 Å². The number of hydrogen-bond donors (Lipinski definition) is 4. The Kier molecular flexibility index (Phi) is 5.14. The van der Waals surface area contributed by atoms with Gasteiger partial charge in [-0.05, 0) is 25.1 Å². The third kappa shape index (κ3) is 5.15. The summed E-state index contributed by atoms with van der Waals surface area (Å²) in [4.78, 5) is 11.9. The zero-order valence-corrected chi connectivity index (χ0v) is 11.3. The van der Waals surface area contributed by atoms with E-state index in [0.717, 1.165) is 0 Å². The van der Waals surface area contributed by atoms with E-state index in [1.165, 1.54) is 12.1 Å². The van der Waals surface area contributed by atoms with Gasteiger partial charge in [0.2, 0.25) is 0 Å². The fraction of sp³-hybridized carbons (Fsp3) is 0.462. The predicted octanol–water partition coefficient (Wildman–Crippen LogP) is 0.368. The molecule has 0 heterocycles. The minimum absolute atomic E-state index is 0.129. The van der Waals surface area contributed by atoms with Crippen molar-refractivity contribution >= 4 is 17.3 Å². The molecule has 0 saturated heterocycles. The molecule has 6 nitrogen and oxygen atoms in total. The molecule has 0 spiro atoms. The third-order valence-corrected chi connectivity index (χ3v) is 2.71. The van der Waals surface area contributed by atoms with Crippen LogP contribution in [0.5, 0.6) is 0 Å². The maximum absolute atomic E-state index is 11.9. The quantitative estimate of drug-likeness (QED) is 0.556. The lowest BCUT2D eigenvalue weighted by Gasteiger charge is -2.23. The Morgan fingerprint density at radius 2 is 1.95 bits per heavy atom. The standard InChI is InChI=1S/C13H21N3O3/c1-13(18,3-4-19-2)8-16-12(17)9-5-10(14)7-11(15)6-9/h5-7,18H,3-4,8,14-15H2,1-2H3,(H,16,17). The molecule has 1 aromatic rings. The Balaban J connectivity index is 2.60. The summed E-state index contributed by atoms with van der Waals surface area (Å²) in [6.07, 6.45) is 0.433. The first-order chi connectivity index (χ1) is 8.84. The van der Waals surface area contributed by atoms with E-state index in [-0.39, 0.29) is 12.5 Å². The highest BCUT2D eigenvalue weighted by atomic mass is 16.5. The van der Waals surface area contributed by atoms with Gasteiger partial charge in [-0.1, -0.05) is 0 Å². The van der Waals surface area contributed by atoms with Crippen molar-refractivity contribution in [3.8, 4) is 0 Å². The second-order valence-corrected chi connectivity index (χ2v) is 4.81. The van der Waals surface area contributed by atoms with E-state index in [4.69, 9.17) is 16.2 Å². The summed E-state index contributed by atoms with van der Waals surface area (Å²) in [6.45, 7) is 2.19. The molecule has 1 unspecified atom stereocenters. The summed E-state index contributed by atoms with van der Waals surface area (Å²) in [5.74, 6) is -0.323. The zero-order chi connectivity index (χ0) is 14.5. The number of ether oxygens (including phenoxy) is 1. The van der Waals surface area contributed by atoms with Crippen molar-refractivity contribution < 1.29 is 14.6 Å². The zero-order valence-electron chi connectivity index (χ0n) is 11.3. The first-order valence-electron chi connectivity index (χ1n) is 5.99. The molecular formula is C13H21N3O3. The van der Waals surface area contributed by atoms with Crippen molar-refractivity contribution in [1.82, 2.24) is 5.32 Å². The molecule has 19 heavy (non-hydrogen) atoms. The number of methoxy groups -OCH3 is 1. The van der Waals surface area contributed by atoms with Gasteiger partial charge in [-0.3, -0.25) is 4.79 Å². The molecule has 6 heteroatoms. The summed E-state index contributed by atoms with van der Waals surface area (Å²) in [5, 5.41) is 12.7. The Bertz CT molecular complexity index is 427. The van der Waals surface area contributed by atoms with Gasteiger partial charge in [0.1, 0.15) is 0 Å². The average Bonchev–Trinajstić information content (AvgIpc) is 2.32. The number of nitrogen functional groups attached to an aromatic ring is 2. The second kappa shape index (κ2) is 6.40. The Morgan fingerprint density at radius 3 is 2.47 bits per heavy atom. The van der Waals surface area contributed by atoms with Gasteiger partial charge in [-0.2, -0.15) is 0 Å². The summed E-state index contributed by atoms with van der Waals surface area (Å²) in [5.41, 5.74) is 11.5. The van der Waals surface area contributed by atoms with E-state index < -0.39 is 5.60 Å². The normalized spacial score (nSPS) is 13.8. The van der Waals surface area contributed by atoms with Gasteiger partial charge in [0.15, 0.2) is 0 Å². The molecule has 6 N–H and O–H groups in total. The molecule has 0 radical (unpaired) electrons. The minimum Gasteiger partial charge on any atom is -0.399 e. The number of amides is 1. The van der Waals surface area contributed by atoms with Crippen molar-refractivity contribution in [1.29, 1.82) is 0 Å². The van der Waals surface area contributed by atoms with Crippen LogP contribution < -0.4 is 16.8 Å². The molecule has 0 fully saturated rings. The summed E-state index contributed by atoms with van der Waals surface area (Å²) >= 11 is 0. The molecule has 0 bridgehead atoms. The first kappa shape index (κ1) is 15.3. The summed E-state index contributed by atoms with van der Waals surface area (Å²) in [6, 6.07) is 4.65. The molecule has 0 aliphatic rings. The van der Waals surface area contributed by atoms with Gasteiger partial charge in [0, 0.05) is 43.6 Å². The molecular weight excluding hydrogens is 246 g/mol. The molecule has 0 aliphatic carbocycles. The lowest BCUT2D eigenvalue weighted by Crippen LogP contribution is -2.41. The fourth-order valence-electron chi connectivity index (χ4n) is 1.59. The molecule has 1 rings (SSSR count). The molecule has 1 aromatic carbocycles. The van der Waals surface area contributed by atoms with E-state index in [0.29, 0.717) is 30.0 Å². The predicted molar refractivity (Wildman–Crippen MR) is 74.7 cm³/mol. The lowest BCUT2D eigenvalue weighted by molar-refractivity contribution is 0.0243. The highest BCUT2D eigenvalue weighted by Gasteiger charge is 2.21. The maximum Gasteiger partial charge on any atom is 0.251 e. The number of hydrogen-bond acceptors (Lipinski definition) is 5. The van der Waals surface area contributed by atoms with Crippen molar-refractivity contribution in [2.24, 2.45) is 0 Å². The van der Waals surface area contributed by atoms with Gasteiger partial charge >= 0.3 is 0 Å². The van der Waals surface area contributed by atoms with Crippen LogP contribution in [0, 0.1) is 0 Å². The fourth-order valence-corrected chi connectivity index (χ4v) is 1.59. The number of nitrogens with one attached hydrogen (secondary N) is 1. The average molecular weight is 267 g/mol. The van der Waals surface area contributed by atoms with Crippen LogP contribution in [0.4, 0.5) is 11.4 Å². The Hall–Kier alpha value is -1.79. The number of benzene rings is 1. The first-order valence-corrected chi connectivity index (χ1v) is 5.99. The minimum atomic E-state index is -1.02. The van der Waals surface area contributed by atoms with Crippen LogP contribution in [0.3, 0.4) is 0 Å². The third-order valence-electron chi connectivity index (χ3n) is 2.71. The number of carbonyl (C=O) groups is 1. The molecule has 1 amide bonds. The molecule has 0 aliphatic heterocycles. The van der Waals surface area contributed by atoms with Gasteiger partial charge in [0.25, 0.3) is 5.91 Å². The summed E-state index contributed by atoms with van der Waals surface area (Å²) in [7, 11) is 1.56. The maximum atomic E-state index is 11.9. The molecule has 106 valence electrons. The Morgan fingerprint density at radius 1 is 1.37 bits per heavy atom.